The minimum absolute atomic E-state index is 0.0363. The van der Waals surface area contributed by atoms with E-state index in [0.717, 1.165) is 23.5 Å². The molecule has 1 heterocycles. The molecule has 5 heteroatoms. The van der Waals surface area contributed by atoms with E-state index in [1.54, 1.807) is 18.0 Å². The highest BCUT2D eigenvalue weighted by atomic mass is 32.2. The number of hydrogen-bond donors (Lipinski definition) is 1. The van der Waals surface area contributed by atoms with E-state index in [2.05, 4.69) is 22.4 Å². The zero-order valence-corrected chi connectivity index (χ0v) is 15.4. The van der Waals surface area contributed by atoms with Crippen molar-refractivity contribution >= 4 is 17.7 Å². The zero-order valence-electron chi connectivity index (χ0n) is 14.6. The van der Waals surface area contributed by atoms with Crippen LogP contribution in [0.1, 0.15) is 18.7 Å². The summed E-state index contributed by atoms with van der Waals surface area (Å²) in [5.74, 6) is 2.36. The second-order valence-electron chi connectivity index (χ2n) is 5.85. The number of hydrogen-bond acceptors (Lipinski definition) is 4. The molecular formula is C21H22N2O2S. The molecule has 4 nitrogen and oxygen atoms in total. The smallest absolute Gasteiger partial charge is 0.220 e. The van der Waals surface area contributed by atoms with E-state index in [1.807, 2.05) is 48.5 Å². The fraction of sp³-hybridized carbons (Fsp3) is 0.238. The van der Waals surface area contributed by atoms with Crippen LogP contribution in [0.25, 0.3) is 11.3 Å². The Morgan fingerprint density at radius 1 is 1.04 bits per heavy atom. The van der Waals surface area contributed by atoms with E-state index in [0.29, 0.717) is 25.3 Å². The fourth-order valence-corrected chi connectivity index (χ4v) is 3.35. The standard InChI is InChI=1S/C21H22N2O2S/c24-20(22-14-7-15-26-18-10-5-2-6-11-18)12-13-21-23-16-19(25-21)17-8-3-1-4-9-17/h1-6,8-11,16H,7,12-15H2,(H,22,24). The predicted octanol–water partition coefficient (Wildman–Crippen LogP) is 4.57. The Kier molecular flexibility index (Phi) is 6.90. The summed E-state index contributed by atoms with van der Waals surface area (Å²) in [7, 11) is 0. The van der Waals surface area contributed by atoms with Gasteiger partial charge in [0.2, 0.25) is 5.91 Å². The molecule has 0 radical (unpaired) electrons. The van der Waals surface area contributed by atoms with E-state index >= 15 is 0 Å². The molecule has 1 amide bonds. The highest BCUT2D eigenvalue weighted by molar-refractivity contribution is 7.99. The van der Waals surface area contributed by atoms with Crippen LogP contribution in [-0.4, -0.2) is 23.2 Å². The number of rotatable bonds is 9. The number of aryl methyl sites for hydroxylation is 1. The molecule has 0 unspecified atom stereocenters. The van der Waals surface area contributed by atoms with Crippen molar-refractivity contribution in [3.8, 4) is 11.3 Å². The van der Waals surface area contributed by atoms with Crippen molar-refractivity contribution in [1.82, 2.24) is 10.3 Å². The molecule has 0 bridgehead atoms. The van der Waals surface area contributed by atoms with Gasteiger partial charge in [0.25, 0.3) is 0 Å². The van der Waals surface area contributed by atoms with Crippen molar-refractivity contribution in [3.05, 3.63) is 72.8 Å². The second-order valence-corrected chi connectivity index (χ2v) is 7.02. The number of nitrogens with zero attached hydrogens (tertiary/aromatic N) is 1. The Labute approximate surface area is 158 Å². The molecule has 3 rings (SSSR count). The minimum Gasteiger partial charge on any atom is -0.441 e. The molecule has 0 aliphatic carbocycles. The lowest BCUT2D eigenvalue weighted by Crippen LogP contribution is -2.25. The molecule has 0 fully saturated rings. The van der Waals surface area contributed by atoms with Gasteiger partial charge < -0.3 is 9.73 Å². The summed E-state index contributed by atoms with van der Waals surface area (Å²) in [6, 6.07) is 20.1. The minimum atomic E-state index is 0.0363. The molecule has 0 atom stereocenters. The Morgan fingerprint density at radius 3 is 2.54 bits per heavy atom. The molecule has 134 valence electrons. The van der Waals surface area contributed by atoms with E-state index < -0.39 is 0 Å². The Morgan fingerprint density at radius 2 is 1.77 bits per heavy atom. The number of thioether (sulfide) groups is 1. The Hall–Kier alpha value is -2.53. The van der Waals surface area contributed by atoms with Gasteiger partial charge in [0.05, 0.1) is 6.20 Å². The van der Waals surface area contributed by atoms with Crippen molar-refractivity contribution in [2.24, 2.45) is 0 Å². The highest BCUT2D eigenvalue weighted by Gasteiger charge is 2.08. The molecule has 0 spiro atoms. The van der Waals surface area contributed by atoms with Crippen LogP contribution >= 0.6 is 11.8 Å². The largest absolute Gasteiger partial charge is 0.441 e. The van der Waals surface area contributed by atoms with Crippen LogP contribution in [0.4, 0.5) is 0 Å². The maximum absolute atomic E-state index is 11.9. The lowest BCUT2D eigenvalue weighted by molar-refractivity contribution is -0.121. The third-order valence-electron chi connectivity index (χ3n) is 3.83. The number of benzene rings is 2. The summed E-state index contributed by atoms with van der Waals surface area (Å²) in [6.45, 7) is 0.694. The van der Waals surface area contributed by atoms with Crippen molar-refractivity contribution in [2.45, 2.75) is 24.2 Å². The summed E-state index contributed by atoms with van der Waals surface area (Å²) >= 11 is 1.81. The molecule has 2 aromatic carbocycles. The first kappa shape index (κ1) is 18.3. The third-order valence-corrected chi connectivity index (χ3v) is 4.93. The van der Waals surface area contributed by atoms with E-state index in [4.69, 9.17) is 4.42 Å². The van der Waals surface area contributed by atoms with Gasteiger partial charge in [-0.25, -0.2) is 4.98 Å². The topological polar surface area (TPSA) is 55.1 Å². The first-order valence-electron chi connectivity index (χ1n) is 8.76. The number of carbonyl (C=O) groups excluding carboxylic acids is 1. The SMILES string of the molecule is O=C(CCc1ncc(-c2ccccc2)o1)NCCCSc1ccccc1. The first-order chi connectivity index (χ1) is 12.8. The van der Waals surface area contributed by atoms with Crippen molar-refractivity contribution in [2.75, 3.05) is 12.3 Å². The van der Waals surface area contributed by atoms with Crippen LogP contribution in [0.5, 0.6) is 0 Å². The quantitative estimate of drug-likeness (QED) is 0.445. The van der Waals surface area contributed by atoms with Gasteiger partial charge in [0.1, 0.15) is 0 Å². The number of carbonyl (C=O) groups is 1. The van der Waals surface area contributed by atoms with Gasteiger partial charge in [-0.3, -0.25) is 4.79 Å². The number of nitrogens with one attached hydrogen (secondary N) is 1. The van der Waals surface area contributed by atoms with Gasteiger partial charge in [0.15, 0.2) is 11.7 Å². The van der Waals surface area contributed by atoms with Crippen molar-refractivity contribution < 1.29 is 9.21 Å². The summed E-state index contributed by atoms with van der Waals surface area (Å²) in [5.41, 5.74) is 0.992. The Bertz CT molecular complexity index is 803. The highest BCUT2D eigenvalue weighted by Crippen LogP contribution is 2.20. The van der Waals surface area contributed by atoms with Crippen molar-refractivity contribution in [1.29, 1.82) is 0 Å². The normalized spacial score (nSPS) is 10.6. The van der Waals surface area contributed by atoms with Gasteiger partial charge in [-0.2, -0.15) is 0 Å². The number of amides is 1. The van der Waals surface area contributed by atoms with Crippen LogP contribution in [0, 0.1) is 0 Å². The van der Waals surface area contributed by atoms with Crippen LogP contribution in [0.15, 0.2) is 76.2 Å². The lowest BCUT2D eigenvalue weighted by atomic mass is 10.2. The zero-order chi connectivity index (χ0) is 18.0. The molecule has 0 saturated heterocycles. The summed E-state index contributed by atoms with van der Waals surface area (Å²) in [5, 5.41) is 2.96. The number of aromatic nitrogens is 1. The second kappa shape index (κ2) is 9.82. The average molecular weight is 366 g/mol. The Balaban J connectivity index is 1.32. The van der Waals surface area contributed by atoms with Crippen LogP contribution in [-0.2, 0) is 11.2 Å². The summed E-state index contributed by atoms with van der Waals surface area (Å²) in [4.78, 5) is 17.5. The molecule has 0 aliphatic rings. The van der Waals surface area contributed by atoms with E-state index in [-0.39, 0.29) is 5.91 Å². The maximum atomic E-state index is 11.9. The summed E-state index contributed by atoms with van der Waals surface area (Å²) < 4.78 is 5.72. The van der Waals surface area contributed by atoms with Gasteiger partial charge in [0, 0.05) is 29.8 Å². The molecule has 26 heavy (non-hydrogen) atoms. The van der Waals surface area contributed by atoms with E-state index in [9.17, 15) is 4.79 Å². The van der Waals surface area contributed by atoms with Gasteiger partial charge in [-0.05, 0) is 24.3 Å². The van der Waals surface area contributed by atoms with Crippen LogP contribution in [0.3, 0.4) is 0 Å². The molecule has 1 N–H and O–H groups in total. The van der Waals surface area contributed by atoms with Crippen molar-refractivity contribution in [3.63, 3.8) is 0 Å². The fourth-order valence-electron chi connectivity index (χ4n) is 2.48. The van der Waals surface area contributed by atoms with Gasteiger partial charge in [-0.1, -0.05) is 48.5 Å². The van der Waals surface area contributed by atoms with Crippen LogP contribution in [0.2, 0.25) is 0 Å². The lowest BCUT2D eigenvalue weighted by Gasteiger charge is -2.04. The van der Waals surface area contributed by atoms with Gasteiger partial charge >= 0.3 is 0 Å². The van der Waals surface area contributed by atoms with E-state index in [1.165, 1.54) is 4.90 Å². The molecule has 1 aromatic heterocycles. The first-order valence-corrected chi connectivity index (χ1v) is 9.74. The van der Waals surface area contributed by atoms with Gasteiger partial charge in [-0.15, -0.1) is 11.8 Å². The third kappa shape index (κ3) is 5.77. The molecule has 3 aromatic rings. The number of oxazole rings is 1. The molecule has 0 saturated carbocycles. The molecule has 0 aliphatic heterocycles. The predicted molar refractivity (Wildman–Crippen MR) is 105 cm³/mol. The molecular weight excluding hydrogens is 344 g/mol. The summed E-state index contributed by atoms with van der Waals surface area (Å²) in [6.07, 6.45) is 3.56. The van der Waals surface area contributed by atoms with Crippen LogP contribution < -0.4 is 5.32 Å². The monoisotopic (exact) mass is 366 g/mol. The average Bonchev–Trinajstić information content (AvgIpc) is 3.17. The maximum Gasteiger partial charge on any atom is 0.220 e.